The van der Waals surface area contributed by atoms with Crippen molar-refractivity contribution in [3.05, 3.63) is 84.8 Å². The first-order valence-electron chi connectivity index (χ1n) is 10.0. The molecule has 154 valence electrons. The Morgan fingerprint density at radius 1 is 1.00 bits per heavy atom. The van der Waals surface area contributed by atoms with Gasteiger partial charge in [0.05, 0.1) is 12.8 Å². The second-order valence-corrected chi connectivity index (χ2v) is 5.84. The van der Waals surface area contributed by atoms with Crippen molar-refractivity contribution in [3.8, 4) is 5.75 Å². The zero-order valence-electron chi connectivity index (χ0n) is 18.5. The number of nitrogens with one attached hydrogen (secondary N) is 1. The number of hydrogen-bond donors (Lipinski definition) is 1. The molecule has 2 aromatic carbocycles. The van der Waals surface area contributed by atoms with Crippen LogP contribution in [0.25, 0.3) is 22.6 Å². The van der Waals surface area contributed by atoms with E-state index < -0.39 is 0 Å². The van der Waals surface area contributed by atoms with Gasteiger partial charge in [0.25, 0.3) is 0 Å². The Hall–Kier alpha value is -3.20. The third-order valence-corrected chi connectivity index (χ3v) is 3.85. The molecule has 0 spiro atoms. The zero-order chi connectivity index (χ0) is 21.8. The second-order valence-electron chi connectivity index (χ2n) is 5.84. The average molecular weight is 392 g/mol. The zero-order valence-corrected chi connectivity index (χ0v) is 18.5. The number of ether oxygens (including phenoxy) is 1. The van der Waals surface area contributed by atoms with Crippen LogP contribution in [0.3, 0.4) is 0 Å². The van der Waals surface area contributed by atoms with Crippen LogP contribution in [0.4, 0.5) is 5.69 Å². The Morgan fingerprint density at radius 3 is 2.24 bits per heavy atom. The van der Waals surface area contributed by atoms with Gasteiger partial charge in [-0.05, 0) is 36.3 Å². The molecule has 3 aromatic rings. The molecule has 3 rings (SSSR count). The summed E-state index contributed by atoms with van der Waals surface area (Å²) in [6, 6.07) is 15.8. The summed E-state index contributed by atoms with van der Waals surface area (Å²) < 4.78 is 11.2. The van der Waals surface area contributed by atoms with Crippen LogP contribution in [0.15, 0.2) is 77.9 Å². The molecule has 0 amide bonds. The molecule has 0 atom stereocenters. The molecule has 3 nitrogen and oxygen atoms in total. The predicted molar refractivity (Wildman–Crippen MR) is 128 cm³/mol. The van der Waals surface area contributed by atoms with E-state index in [9.17, 15) is 0 Å². The summed E-state index contributed by atoms with van der Waals surface area (Å²) in [5, 5.41) is 4.31. The number of fused-ring (bicyclic) bond motifs is 1. The first-order valence-corrected chi connectivity index (χ1v) is 10.0. The maximum atomic E-state index is 5.96. The van der Waals surface area contributed by atoms with Crippen LogP contribution >= 0.6 is 0 Å². The molecule has 1 heterocycles. The van der Waals surface area contributed by atoms with E-state index in [4.69, 9.17) is 9.15 Å². The number of hydrogen-bond acceptors (Lipinski definition) is 3. The highest BCUT2D eigenvalue weighted by molar-refractivity contribution is 5.98. The smallest absolute Gasteiger partial charge is 0.153 e. The minimum Gasteiger partial charge on any atom is -0.497 e. The summed E-state index contributed by atoms with van der Waals surface area (Å²) in [6.07, 6.45) is 3.96. The van der Waals surface area contributed by atoms with E-state index in [2.05, 4.69) is 18.5 Å². The molecule has 0 radical (unpaired) electrons. The minimum absolute atomic E-state index is 0.720. The van der Waals surface area contributed by atoms with Crippen molar-refractivity contribution < 1.29 is 9.15 Å². The van der Waals surface area contributed by atoms with Crippen LogP contribution in [-0.2, 0) is 0 Å². The van der Waals surface area contributed by atoms with Crippen LogP contribution in [0.5, 0.6) is 5.75 Å². The summed E-state index contributed by atoms with van der Waals surface area (Å²) >= 11 is 0. The third-order valence-electron chi connectivity index (χ3n) is 3.85. The maximum absolute atomic E-state index is 5.96. The molecule has 0 fully saturated rings. The summed E-state index contributed by atoms with van der Waals surface area (Å²) in [5.74, 6) is 1.47. The summed E-state index contributed by atoms with van der Waals surface area (Å²) in [5.41, 5.74) is 4.35. The number of furan rings is 1. The second kappa shape index (κ2) is 12.3. The molecule has 0 unspecified atom stereocenters. The lowest BCUT2D eigenvalue weighted by Gasteiger charge is -2.07. The van der Waals surface area contributed by atoms with Crippen molar-refractivity contribution in [2.45, 2.75) is 34.6 Å². The van der Waals surface area contributed by atoms with Crippen LogP contribution in [0.2, 0.25) is 0 Å². The van der Waals surface area contributed by atoms with Gasteiger partial charge in [-0.3, -0.25) is 0 Å². The molecule has 1 aromatic heterocycles. The highest BCUT2D eigenvalue weighted by atomic mass is 16.5. The Morgan fingerprint density at radius 2 is 1.66 bits per heavy atom. The van der Waals surface area contributed by atoms with Gasteiger partial charge < -0.3 is 14.5 Å². The number of benzene rings is 2. The largest absolute Gasteiger partial charge is 0.497 e. The van der Waals surface area contributed by atoms with E-state index in [-0.39, 0.29) is 0 Å². The van der Waals surface area contributed by atoms with Gasteiger partial charge in [0.1, 0.15) is 11.3 Å². The molecule has 1 N–H and O–H groups in total. The standard InChI is InChI=1S/C22H21NO2.2C2H6/c1-15(2)22-21(19-13-12-18(24-4)14-20(19)25-22)23-16(3)10-11-17-8-6-5-7-9-17;2*1-2/h5-14,23H,1,3H2,2,4H3;2*1-2H3/b11-10+;;. The number of anilines is 1. The van der Waals surface area contributed by atoms with E-state index in [1.54, 1.807) is 7.11 Å². The van der Waals surface area contributed by atoms with Crippen LogP contribution in [0, 0.1) is 0 Å². The van der Waals surface area contributed by atoms with Gasteiger partial charge in [0.15, 0.2) is 5.76 Å². The first-order chi connectivity index (χ1) is 14.1. The molecule has 0 saturated heterocycles. The van der Waals surface area contributed by atoms with Gasteiger partial charge in [-0.25, -0.2) is 0 Å². The SMILES string of the molecule is C=C(/C=C/c1ccccc1)Nc1c(C(=C)C)oc2cc(OC)ccc12.CC.CC. The summed E-state index contributed by atoms with van der Waals surface area (Å²) in [4.78, 5) is 0. The van der Waals surface area contributed by atoms with Gasteiger partial charge in [-0.1, -0.05) is 77.3 Å². The van der Waals surface area contributed by atoms with Crippen molar-refractivity contribution in [1.82, 2.24) is 0 Å². The predicted octanol–water partition coefficient (Wildman–Crippen LogP) is 8.17. The first kappa shape index (κ1) is 23.8. The topological polar surface area (TPSA) is 34.4 Å². The van der Waals surface area contributed by atoms with Gasteiger partial charge in [0, 0.05) is 17.1 Å². The fourth-order valence-corrected chi connectivity index (χ4v) is 2.59. The van der Waals surface area contributed by atoms with Crippen LogP contribution < -0.4 is 10.1 Å². The Balaban J connectivity index is 0.000000989. The molecule has 3 heteroatoms. The van der Waals surface area contributed by atoms with Gasteiger partial charge >= 0.3 is 0 Å². The highest BCUT2D eigenvalue weighted by Crippen LogP contribution is 2.37. The van der Waals surface area contributed by atoms with Crippen molar-refractivity contribution in [3.63, 3.8) is 0 Å². The average Bonchev–Trinajstić information content (AvgIpc) is 3.13. The molecule has 0 saturated carbocycles. The molecule has 0 bridgehead atoms. The Bertz CT molecular complexity index is 950. The minimum atomic E-state index is 0.720. The molecular weight excluding hydrogens is 358 g/mol. The number of rotatable bonds is 6. The number of methoxy groups -OCH3 is 1. The molecule has 0 aliphatic rings. The monoisotopic (exact) mass is 391 g/mol. The van der Waals surface area contributed by atoms with Crippen molar-refractivity contribution >= 4 is 28.3 Å². The fraction of sp³-hybridized carbons (Fsp3) is 0.231. The lowest BCUT2D eigenvalue weighted by Crippen LogP contribution is -1.96. The van der Waals surface area contributed by atoms with E-state index in [1.807, 2.05) is 95.3 Å². The lowest BCUT2D eigenvalue weighted by molar-refractivity contribution is 0.414. The molecule has 29 heavy (non-hydrogen) atoms. The van der Waals surface area contributed by atoms with E-state index in [1.165, 1.54) is 0 Å². The van der Waals surface area contributed by atoms with Gasteiger partial charge in [0.2, 0.25) is 0 Å². The van der Waals surface area contributed by atoms with E-state index in [0.717, 1.165) is 45.0 Å². The van der Waals surface area contributed by atoms with Crippen molar-refractivity contribution in [2.75, 3.05) is 12.4 Å². The van der Waals surface area contributed by atoms with Crippen LogP contribution in [0.1, 0.15) is 45.9 Å². The Labute approximate surface area is 175 Å². The van der Waals surface area contributed by atoms with Crippen LogP contribution in [-0.4, -0.2) is 7.11 Å². The molecule has 0 aliphatic heterocycles. The van der Waals surface area contributed by atoms with Crippen molar-refractivity contribution in [1.29, 1.82) is 0 Å². The fourth-order valence-electron chi connectivity index (χ4n) is 2.59. The van der Waals surface area contributed by atoms with Crippen molar-refractivity contribution in [2.24, 2.45) is 0 Å². The third kappa shape index (κ3) is 6.42. The van der Waals surface area contributed by atoms with Gasteiger partial charge in [-0.15, -0.1) is 0 Å². The molecule has 0 aliphatic carbocycles. The van der Waals surface area contributed by atoms with E-state index >= 15 is 0 Å². The quantitative estimate of drug-likeness (QED) is 0.430. The summed E-state index contributed by atoms with van der Waals surface area (Å²) in [7, 11) is 1.64. The normalized spacial score (nSPS) is 9.86. The maximum Gasteiger partial charge on any atom is 0.153 e. The van der Waals surface area contributed by atoms with Gasteiger partial charge in [-0.2, -0.15) is 0 Å². The highest BCUT2D eigenvalue weighted by Gasteiger charge is 2.15. The molecular formula is C26H33NO2. The number of allylic oxidation sites excluding steroid dienone is 2. The summed E-state index contributed by atoms with van der Waals surface area (Å²) in [6.45, 7) is 18.0. The lowest BCUT2D eigenvalue weighted by atomic mass is 10.1. The van der Waals surface area contributed by atoms with E-state index in [0.29, 0.717) is 0 Å². The Kier molecular flexibility index (Phi) is 10.1.